The van der Waals surface area contributed by atoms with Crippen LogP contribution in [0, 0.1) is 6.92 Å². The van der Waals surface area contributed by atoms with E-state index in [1.54, 1.807) is 18.3 Å². The van der Waals surface area contributed by atoms with Crippen LogP contribution in [-0.2, 0) is 6.42 Å². The van der Waals surface area contributed by atoms with Crippen LogP contribution in [0.4, 0.5) is 5.69 Å². The lowest BCUT2D eigenvalue weighted by Gasteiger charge is -2.10. The van der Waals surface area contributed by atoms with Crippen LogP contribution < -0.4 is 11.1 Å². The Labute approximate surface area is 158 Å². The van der Waals surface area contributed by atoms with Crippen LogP contribution in [0.5, 0.6) is 0 Å². The lowest BCUT2D eigenvalue weighted by molar-refractivity contribution is 0.0955. The van der Waals surface area contributed by atoms with E-state index in [0.29, 0.717) is 29.2 Å². The lowest BCUT2D eigenvalue weighted by atomic mass is 10.0. The predicted octanol–water partition coefficient (Wildman–Crippen LogP) is 4.27. The number of aryl methyl sites for hydroxylation is 1. The number of nitrogens with one attached hydrogen (secondary N) is 1. The molecule has 3 N–H and O–H groups in total. The van der Waals surface area contributed by atoms with Crippen molar-refractivity contribution in [2.75, 3.05) is 12.3 Å². The van der Waals surface area contributed by atoms with Crippen molar-refractivity contribution in [3.63, 3.8) is 0 Å². The number of nitrogen functional groups attached to an aromatic ring is 1. The first-order chi connectivity index (χ1) is 12.5. The van der Waals surface area contributed by atoms with Gasteiger partial charge in [0.25, 0.3) is 5.91 Å². The van der Waals surface area contributed by atoms with E-state index in [1.807, 2.05) is 49.4 Å². The molecule has 3 rings (SSSR count). The summed E-state index contributed by atoms with van der Waals surface area (Å²) in [5, 5.41) is 3.61. The van der Waals surface area contributed by atoms with E-state index in [1.165, 1.54) is 0 Å². The molecule has 0 aliphatic rings. The second kappa shape index (κ2) is 8.02. The van der Waals surface area contributed by atoms with E-state index >= 15 is 0 Å². The summed E-state index contributed by atoms with van der Waals surface area (Å²) in [6, 6.07) is 16.9. The number of nitrogens with two attached hydrogens (primary N) is 1. The number of pyridine rings is 1. The number of rotatable bonds is 5. The van der Waals surface area contributed by atoms with Gasteiger partial charge in [-0.3, -0.25) is 9.78 Å². The van der Waals surface area contributed by atoms with E-state index in [9.17, 15) is 4.79 Å². The number of hydrogen-bond acceptors (Lipinski definition) is 3. The first-order valence-corrected chi connectivity index (χ1v) is 8.76. The van der Waals surface area contributed by atoms with Crippen LogP contribution >= 0.6 is 11.6 Å². The molecule has 0 aliphatic heterocycles. The fraction of sp³-hybridized carbons (Fsp3) is 0.143. The number of halogens is 1. The molecule has 2 aromatic carbocycles. The summed E-state index contributed by atoms with van der Waals surface area (Å²) in [7, 11) is 0. The third-order valence-electron chi connectivity index (χ3n) is 4.14. The molecule has 1 aromatic heterocycles. The standard InChI is InChI=1S/C21H20ClN3O/c1-14-6-9-20(25-13-14)16-7-8-19(23)17(12-16)21(26)24-11-10-15-4-2-3-5-18(15)22/h2-9,12-13H,10-11,23H2,1H3,(H,24,26). The van der Waals surface area contributed by atoms with E-state index in [0.717, 1.165) is 22.4 Å². The lowest BCUT2D eigenvalue weighted by Crippen LogP contribution is -2.26. The molecule has 0 fully saturated rings. The van der Waals surface area contributed by atoms with Crippen LogP contribution in [0.15, 0.2) is 60.8 Å². The molecule has 0 saturated carbocycles. The number of carbonyl (C=O) groups is 1. The Morgan fingerprint density at radius 1 is 1.15 bits per heavy atom. The smallest absolute Gasteiger partial charge is 0.253 e. The molecular formula is C21H20ClN3O. The zero-order valence-corrected chi connectivity index (χ0v) is 15.3. The Hall–Kier alpha value is -2.85. The monoisotopic (exact) mass is 365 g/mol. The Bertz CT molecular complexity index is 923. The Balaban J connectivity index is 1.71. The molecule has 132 valence electrons. The van der Waals surface area contributed by atoms with Gasteiger partial charge >= 0.3 is 0 Å². The second-order valence-corrected chi connectivity index (χ2v) is 6.53. The molecule has 0 unspecified atom stereocenters. The van der Waals surface area contributed by atoms with Gasteiger partial charge in [-0.25, -0.2) is 0 Å². The van der Waals surface area contributed by atoms with Gasteiger partial charge in [-0.1, -0.05) is 41.9 Å². The highest BCUT2D eigenvalue weighted by molar-refractivity contribution is 6.31. The van der Waals surface area contributed by atoms with Gasteiger partial charge in [-0.05, 0) is 48.7 Å². The van der Waals surface area contributed by atoms with Crippen molar-refractivity contribution in [3.8, 4) is 11.3 Å². The summed E-state index contributed by atoms with van der Waals surface area (Å²) in [6.45, 7) is 2.46. The van der Waals surface area contributed by atoms with Gasteiger partial charge in [0.05, 0.1) is 11.3 Å². The molecule has 4 nitrogen and oxygen atoms in total. The van der Waals surface area contributed by atoms with Gasteiger partial charge in [-0.2, -0.15) is 0 Å². The summed E-state index contributed by atoms with van der Waals surface area (Å²) in [4.78, 5) is 16.9. The van der Waals surface area contributed by atoms with Gasteiger partial charge in [0.1, 0.15) is 0 Å². The highest BCUT2D eigenvalue weighted by atomic mass is 35.5. The van der Waals surface area contributed by atoms with Crippen LogP contribution in [-0.4, -0.2) is 17.4 Å². The zero-order chi connectivity index (χ0) is 18.5. The largest absolute Gasteiger partial charge is 0.398 e. The van der Waals surface area contributed by atoms with Crippen molar-refractivity contribution in [3.05, 3.63) is 82.5 Å². The average molecular weight is 366 g/mol. The molecule has 0 radical (unpaired) electrons. The Morgan fingerprint density at radius 2 is 1.96 bits per heavy atom. The predicted molar refractivity (Wildman–Crippen MR) is 106 cm³/mol. The van der Waals surface area contributed by atoms with Crippen molar-refractivity contribution in [2.24, 2.45) is 0 Å². The molecule has 1 heterocycles. The first kappa shape index (κ1) is 18.0. The first-order valence-electron chi connectivity index (χ1n) is 8.39. The third-order valence-corrected chi connectivity index (χ3v) is 4.51. The van der Waals surface area contributed by atoms with E-state index in [2.05, 4.69) is 10.3 Å². The van der Waals surface area contributed by atoms with Crippen LogP contribution in [0.1, 0.15) is 21.5 Å². The molecule has 5 heteroatoms. The van der Waals surface area contributed by atoms with Crippen LogP contribution in [0.3, 0.4) is 0 Å². The number of hydrogen-bond donors (Lipinski definition) is 2. The topological polar surface area (TPSA) is 68.0 Å². The fourth-order valence-electron chi connectivity index (χ4n) is 2.66. The number of carbonyl (C=O) groups excluding carboxylic acids is 1. The molecule has 3 aromatic rings. The Morgan fingerprint density at radius 3 is 2.69 bits per heavy atom. The summed E-state index contributed by atoms with van der Waals surface area (Å²) < 4.78 is 0. The van der Waals surface area contributed by atoms with Gasteiger partial charge in [0, 0.05) is 29.0 Å². The molecule has 0 spiro atoms. The second-order valence-electron chi connectivity index (χ2n) is 6.12. The van der Waals surface area contributed by atoms with Crippen molar-refractivity contribution >= 4 is 23.2 Å². The maximum atomic E-state index is 12.5. The minimum atomic E-state index is -0.205. The summed E-state index contributed by atoms with van der Waals surface area (Å²) in [6.07, 6.45) is 2.46. The van der Waals surface area contributed by atoms with Crippen molar-refractivity contribution in [1.82, 2.24) is 10.3 Å². The SMILES string of the molecule is Cc1ccc(-c2ccc(N)c(C(=O)NCCc3ccccc3Cl)c2)nc1. The fourth-order valence-corrected chi connectivity index (χ4v) is 2.89. The van der Waals surface area contributed by atoms with Gasteiger partial charge in [0.15, 0.2) is 0 Å². The van der Waals surface area contributed by atoms with Gasteiger partial charge in [-0.15, -0.1) is 0 Å². The van der Waals surface area contributed by atoms with Crippen molar-refractivity contribution < 1.29 is 4.79 Å². The molecule has 0 bridgehead atoms. The van der Waals surface area contributed by atoms with E-state index < -0.39 is 0 Å². The minimum absolute atomic E-state index is 0.205. The summed E-state index contributed by atoms with van der Waals surface area (Å²) in [5.41, 5.74) is 10.6. The van der Waals surface area contributed by atoms with Crippen molar-refractivity contribution in [2.45, 2.75) is 13.3 Å². The molecule has 0 aliphatic carbocycles. The van der Waals surface area contributed by atoms with Gasteiger partial charge < -0.3 is 11.1 Å². The number of benzene rings is 2. The maximum Gasteiger partial charge on any atom is 0.253 e. The van der Waals surface area contributed by atoms with E-state index in [4.69, 9.17) is 17.3 Å². The van der Waals surface area contributed by atoms with Crippen molar-refractivity contribution in [1.29, 1.82) is 0 Å². The molecule has 26 heavy (non-hydrogen) atoms. The number of aromatic nitrogens is 1. The number of nitrogens with zero attached hydrogens (tertiary/aromatic N) is 1. The maximum absolute atomic E-state index is 12.5. The van der Waals surface area contributed by atoms with E-state index in [-0.39, 0.29) is 5.91 Å². The highest BCUT2D eigenvalue weighted by Gasteiger charge is 2.12. The normalized spacial score (nSPS) is 10.5. The van der Waals surface area contributed by atoms with Crippen LogP contribution in [0.25, 0.3) is 11.3 Å². The quantitative estimate of drug-likeness (QED) is 0.663. The Kier molecular flexibility index (Phi) is 5.54. The summed E-state index contributed by atoms with van der Waals surface area (Å²) in [5.74, 6) is -0.205. The highest BCUT2D eigenvalue weighted by Crippen LogP contribution is 2.22. The zero-order valence-electron chi connectivity index (χ0n) is 14.5. The minimum Gasteiger partial charge on any atom is -0.398 e. The molecule has 0 saturated heterocycles. The van der Waals surface area contributed by atoms with Crippen LogP contribution in [0.2, 0.25) is 5.02 Å². The number of amides is 1. The van der Waals surface area contributed by atoms with Gasteiger partial charge in [0.2, 0.25) is 0 Å². The molecule has 1 amide bonds. The summed E-state index contributed by atoms with van der Waals surface area (Å²) >= 11 is 6.14. The number of anilines is 1. The molecule has 0 atom stereocenters. The molecular weight excluding hydrogens is 346 g/mol. The average Bonchev–Trinajstić information content (AvgIpc) is 2.64. The third kappa shape index (κ3) is 4.21.